The molecule has 1 rings (SSSR count). The van der Waals surface area contributed by atoms with E-state index in [0.717, 1.165) is 18.6 Å². The van der Waals surface area contributed by atoms with Gasteiger partial charge in [-0.15, -0.1) is 11.6 Å². The van der Waals surface area contributed by atoms with Crippen molar-refractivity contribution in [3.8, 4) is 0 Å². The van der Waals surface area contributed by atoms with E-state index >= 15 is 0 Å². The molecule has 0 saturated heterocycles. The second kappa shape index (κ2) is 5.96. The average molecular weight is 331 g/mol. The molecule has 0 fully saturated rings. The van der Waals surface area contributed by atoms with Crippen molar-refractivity contribution in [3.63, 3.8) is 0 Å². The van der Waals surface area contributed by atoms with Crippen molar-refractivity contribution in [1.82, 2.24) is 0 Å². The van der Waals surface area contributed by atoms with Gasteiger partial charge in [-0.2, -0.15) is 13.2 Å². The van der Waals surface area contributed by atoms with Crippen LogP contribution in [0.1, 0.15) is 18.9 Å². The van der Waals surface area contributed by atoms with Gasteiger partial charge in [0.15, 0.2) is 0 Å². The highest BCUT2D eigenvalue weighted by Gasteiger charge is 2.30. The molecule has 0 amide bonds. The second-order valence-electron chi connectivity index (χ2n) is 3.60. The molecule has 96 valence electrons. The normalized spacial score (nSPS) is 13.5. The summed E-state index contributed by atoms with van der Waals surface area (Å²) in [6.45, 7) is 1.96. The van der Waals surface area contributed by atoms with Gasteiger partial charge in [-0.1, -0.05) is 6.92 Å². The average Bonchev–Trinajstić information content (AvgIpc) is 2.26. The Morgan fingerprint density at radius 1 is 1.41 bits per heavy atom. The first-order valence-electron chi connectivity index (χ1n) is 5.07. The third-order valence-corrected chi connectivity index (χ3v) is 3.36. The first kappa shape index (κ1) is 14.6. The highest BCUT2D eigenvalue weighted by molar-refractivity contribution is 9.10. The molecule has 1 aromatic rings. The van der Waals surface area contributed by atoms with Crippen LogP contribution in [0.25, 0.3) is 0 Å². The van der Waals surface area contributed by atoms with Crippen molar-refractivity contribution in [2.45, 2.75) is 25.6 Å². The van der Waals surface area contributed by atoms with Crippen molar-refractivity contribution in [2.75, 3.05) is 11.2 Å². The van der Waals surface area contributed by atoms with E-state index in [-0.39, 0.29) is 6.04 Å². The number of hydrogen-bond donors (Lipinski definition) is 1. The summed E-state index contributed by atoms with van der Waals surface area (Å²) in [5.74, 6) is 0.407. The van der Waals surface area contributed by atoms with Crippen LogP contribution in [0.15, 0.2) is 22.7 Å². The summed E-state index contributed by atoms with van der Waals surface area (Å²) in [5.41, 5.74) is -0.0562. The Kier molecular flexibility index (Phi) is 5.13. The highest BCUT2D eigenvalue weighted by atomic mass is 79.9. The molecule has 0 radical (unpaired) electrons. The fourth-order valence-corrected chi connectivity index (χ4v) is 2.07. The Hall–Kier alpha value is -0.420. The number of hydrogen-bond acceptors (Lipinski definition) is 1. The van der Waals surface area contributed by atoms with E-state index in [4.69, 9.17) is 11.6 Å². The Bertz CT molecular complexity index is 377. The Morgan fingerprint density at radius 2 is 2.06 bits per heavy atom. The van der Waals surface area contributed by atoms with E-state index in [1.54, 1.807) is 0 Å². The molecule has 1 atom stereocenters. The van der Waals surface area contributed by atoms with Gasteiger partial charge in [-0.05, 0) is 40.5 Å². The van der Waals surface area contributed by atoms with Crippen LogP contribution in [0.3, 0.4) is 0 Å². The van der Waals surface area contributed by atoms with Gasteiger partial charge in [-0.3, -0.25) is 0 Å². The van der Waals surface area contributed by atoms with Crippen molar-refractivity contribution in [2.24, 2.45) is 0 Å². The summed E-state index contributed by atoms with van der Waals surface area (Å²) in [6.07, 6.45) is -3.52. The van der Waals surface area contributed by atoms with Crippen molar-refractivity contribution >= 4 is 33.2 Å². The zero-order valence-electron chi connectivity index (χ0n) is 9.11. The quantitative estimate of drug-likeness (QED) is 0.775. The molecule has 1 unspecified atom stereocenters. The maximum atomic E-state index is 12.4. The third kappa shape index (κ3) is 4.07. The molecule has 0 saturated carbocycles. The van der Waals surface area contributed by atoms with Gasteiger partial charge >= 0.3 is 6.18 Å². The minimum absolute atomic E-state index is 0.0460. The minimum Gasteiger partial charge on any atom is -0.380 e. The van der Waals surface area contributed by atoms with E-state index in [1.165, 1.54) is 6.07 Å². The van der Waals surface area contributed by atoms with E-state index in [9.17, 15) is 13.2 Å². The zero-order valence-corrected chi connectivity index (χ0v) is 11.5. The summed E-state index contributed by atoms with van der Waals surface area (Å²) in [4.78, 5) is 0. The van der Waals surface area contributed by atoms with E-state index < -0.39 is 11.7 Å². The van der Waals surface area contributed by atoms with Crippen LogP contribution in [-0.2, 0) is 6.18 Å². The van der Waals surface area contributed by atoms with Gasteiger partial charge in [0.1, 0.15) is 0 Å². The third-order valence-electron chi connectivity index (χ3n) is 2.34. The molecule has 0 bridgehead atoms. The number of rotatable bonds is 4. The van der Waals surface area contributed by atoms with Gasteiger partial charge in [0.2, 0.25) is 0 Å². The molecule has 17 heavy (non-hydrogen) atoms. The number of benzene rings is 1. The van der Waals surface area contributed by atoms with Gasteiger partial charge in [0, 0.05) is 22.1 Å². The summed E-state index contributed by atoms with van der Waals surface area (Å²) in [6, 6.07) is 3.56. The SMILES string of the molecule is CCC(CCl)Nc1ccc(C(F)(F)F)cc1Br. The molecule has 1 N–H and O–H groups in total. The molecule has 0 heterocycles. The van der Waals surface area contributed by atoms with Crippen LogP contribution < -0.4 is 5.32 Å². The Morgan fingerprint density at radius 3 is 2.47 bits per heavy atom. The number of anilines is 1. The molecular weight excluding hydrogens is 318 g/mol. The van der Waals surface area contributed by atoms with Gasteiger partial charge < -0.3 is 5.32 Å². The molecule has 1 aromatic carbocycles. The summed E-state index contributed by atoms with van der Waals surface area (Å²) < 4.78 is 37.7. The van der Waals surface area contributed by atoms with Gasteiger partial charge in [0.25, 0.3) is 0 Å². The fourth-order valence-electron chi connectivity index (χ4n) is 1.28. The summed E-state index contributed by atoms with van der Waals surface area (Å²) in [7, 11) is 0. The van der Waals surface area contributed by atoms with Crippen molar-refractivity contribution < 1.29 is 13.2 Å². The van der Waals surface area contributed by atoms with E-state index in [0.29, 0.717) is 16.0 Å². The lowest BCUT2D eigenvalue weighted by Gasteiger charge is -2.17. The molecule has 0 aromatic heterocycles. The van der Waals surface area contributed by atoms with Crippen molar-refractivity contribution in [3.05, 3.63) is 28.2 Å². The highest BCUT2D eigenvalue weighted by Crippen LogP contribution is 2.34. The first-order chi connectivity index (χ1) is 7.88. The smallest absolute Gasteiger partial charge is 0.380 e. The van der Waals surface area contributed by atoms with Crippen LogP contribution >= 0.6 is 27.5 Å². The standard InChI is InChI=1S/C11H12BrClF3N/c1-2-8(6-13)17-10-4-3-7(5-9(10)12)11(14,15)16/h3-5,8,17H,2,6H2,1H3. The molecule has 0 aliphatic rings. The first-order valence-corrected chi connectivity index (χ1v) is 6.40. The summed E-state index contributed by atoms with van der Waals surface area (Å²) >= 11 is 8.84. The van der Waals surface area contributed by atoms with Gasteiger partial charge in [-0.25, -0.2) is 0 Å². The monoisotopic (exact) mass is 329 g/mol. The number of alkyl halides is 4. The second-order valence-corrected chi connectivity index (χ2v) is 4.76. The minimum atomic E-state index is -4.32. The van der Waals surface area contributed by atoms with E-state index in [1.807, 2.05) is 6.92 Å². The number of nitrogens with one attached hydrogen (secondary N) is 1. The van der Waals surface area contributed by atoms with Crippen LogP contribution in [0, 0.1) is 0 Å². The van der Waals surface area contributed by atoms with Crippen molar-refractivity contribution in [1.29, 1.82) is 0 Å². The fraction of sp³-hybridized carbons (Fsp3) is 0.455. The lowest BCUT2D eigenvalue weighted by Crippen LogP contribution is -2.20. The maximum Gasteiger partial charge on any atom is 0.416 e. The number of halogens is 5. The predicted octanol–water partition coefficient (Wildman–Crippen LogP) is 4.90. The van der Waals surface area contributed by atoms with Gasteiger partial charge in [0.05, 0.1) is 5.56 Å². The van der Waals surface area contributed by atoms with Crippen LogP contribution in [0.2, 0.25) is 0 Å². The predicted molar refractivity (Wildman–Crippen MR) is 67.6 cm³/mol. The van der Waals surface area contributed by atoms with Crippen LogP contribution in [0.5, 0.6) is 0 Å². The maximum absolute atomic E-state index is 12.4. The van der Waals surface area contributed by atoms with E-state index in [2.05, 4.69) is 21.2 Å². The molecule has 0 spiro atoms. The topological polar surface area (TPSA) is 12.0 Å². The molecule has 0 aliphatic heterocycles. The zero-order chi connectivity index (χ0) is 13.1. The molecule has 6 heteroatoms. The largest absolute Gasteiger partial charge is 0.416 e. The lowest BCUT2D eigenvalue weighted by atomic mass is 10.2. The molecule has 0 aliphatic carbocycles. The van der Waals surface area contributed by atoms with Crippen LogP contribution in [-0.4, -0.2) is 11.9 Å². The Labute approximate surface area is 111 Å². The molecule has 1 nitrogen and oxygen atoms in total. The Balaban J connectivity index is 2.90. The lowest BCUT2D eigenvalue weighted by molar-refractivity contribution is -0.137. The van der Waals surface area contributed by atoms with Crippen LogP contribution in [0.4, 0.5) is 18.9 Å². The summed E-state index contributed by atoms with van der Waals surface area (Å²) in [5, 5.41) is 3.08. The molecular formula is C11H12BrClF3N.